The summed E-state index contributed by atoms with van der Waals surface area (Å²) in [5, 5.41) is 0. The van der Waals surface area contributed by atoms with Crippen LogP contribution in [0.25, 0.3) is 0 Å². The zero-order chi connectivity index (χ0) is 27.9. The van der Waals surface area contributed by atoms with Crippen LogP contribution in [0, 0.1) is 5.41 Å². The Morgan fingerprint density at radius 3 is 2.45 bits per heavy atom. The quantitative estimate of drug-likeness (QED) is 0.253. The zero-order valence-electron chi connectivity index (χ0n) is 23.1. The number of amides is 1. The maximum Gasteiger partial charge on any atom is 0.329 e. The number of Topliss-reactive ketones (excluding diaryl/α,β-unsaturated/α-hetero) is 1. The molecule has 0 bridgehead atoms. The molecule has 2 aromatic rings. The molecule has 1 heterocycles. The first-order valence-electron chi connectivity index (χ1n) is 13.2. The number of nitrogens with two attached hydrogens (primary N) is 1. The van der Waals surface area contributed by atoms with Gasteiger partial charge in [-0.25, -0.2) is 4.79 Å². The van der Waals surface area contributed by atoms with Gasteiger partial charge < -0.3 is 24.8 Å². The number of ketones is 1. The van der Waals surface area contributed by atoms with Gasteiger partial charge in [-0.2, -0.15) is 0 Å². The van der Waals surface area contributed by atoms with Crippen LogP contribution >= 0.6 is 0 Å². The number of hydrogen-bond donors (Lipinski definition) is 1. The van der Waals surface area contributed by atoms with Gasteiger partial charge >= 0.3 is 5.97 Å². The van der Waals surface area contributed by atoms with Crippen molar-refractivity contribution < 1.29 is 28.6 Å². The molecule has 8 heteroatoms. The molecule has 8 nitrogen and oxygen atoms in total. The van der Waals surface area contributed by atoms with Crippen LogP contribution in [0.1, 0.15) is 70.1 Å². The van der Waals surface area contributed by atoms with Gasteiger partial charge in [0, 0.05) is 17.6 Å². The second kappa shape index (κ2) is 12.8. The van der Waals surface area contributed by atoms with Crippen molar-refractivity contribution in [1.82, 2.24) is 4.90 Å². The summed E-state index contributed by atoms with van der Waals surface area (Å²) in [5.74, 6) is -0.318. The minimum absolute atomic E-state index is 0.360. The Morgan fingerprint density at radius 1 is 1.05 bits per heavy atom. The molecule has 206 valence electrons. The van der Waals surface area contributed by atoms with E-state index < -0.39 is 35.2 Å². The van der Waals surface area contributed by atoms with E-state index >= 15 is 0 Å². The summed E-state index contributed by atoms with van der Waals surface area (Å²) in [6, 6.07) is 12.2. The molecule has 38 heavy (non-hydrogen) atoms. The molecular weight excluding hydrogens is 484 g/mol. The molecule has 2 N–H and O–H groups in total. The van der Waals surface area contributed by atoms with Crippen molar-refractivity contribution >= 4 is 23.3 Å². The zero-order valence-corrected chi connectivity index (χ0v) is 23.1. The number of benzene rings is 2. The fourth-order valence-corrected chi connectivity index (χ4v) is 4.61. The molecular formula is C30H40N2O6. The Hall–Kier alpha value is -3.55. The van der Waals surface area contributed by atoms with E-state index in [1.807, 2.05) is 37.3 Å². The Kier molecular flexibility index (Phi) is 9.78. The third-order valence-electron chi connectivity index (χ3n) is 7.41. The van der Waals surface area contributed by atoms with Crippen LogP contribution in [0.2, 0.25) is 0 Å². The van der Waals surface area contributed by atoms with Crippen LogP contribution in [0.3, 0.4) is 0 Å². The van der Waals surface area contributed by atoms with Crippen LogP contribution in [0.15, 0.2) is 42.5 Å². The Bertz CT molecular complexity index is 1150. The van der Waals surface area contributed by atoms with Crippen LogP contribution in [-0.2, 0) is 25.5 Å². The molecule has 1 aliphatic rings. The summed E-state index contributed by atoms with van der Waals surface area (Å²) >= 11 is 0. The third kappa shape index (κ3) is 6.85. The van der Waals surface area contributed by atoms with Gasteiger partial charge in [0.15, 0.2) is 11.5 Å². The Labute approximate surface area is 225 Å². The van der Waals surface area contributed by atoms with Gasteiger partial charge in [-0.05, 0) is 73.9 Å². The number of carbonyl (C=O) groups excluding carboxylic acids is 3. The highest BCUT2D eigenvalue weighted by atomic mass is 16.5. The average Bonchev–Trinajstić information content (AvgIpc) is 2.93. The number of hydrogen-bond acceptors (Lipinski definition) is 7. The number of methoxy groups -OCH3 is 2. The van der Waals surface area contributed by atoms with Crippen LogP contribution in [0.5, 0.6) is 11.5 Å². The van der Waals surface area contributed by atoms with Crippen molar-refractivity contribution in [1.29, 1.82) is 0 Å². The lowest BCUT2D eigenvalue weighted by atomic mass is 9.84. The number of nitrogen functional groups attached to an aromatic ring is 1. The van der Waals surface area contributed by atoms with Gasteiger partial charge in [0.1, 0.15) is 12.1 Å². The van der Waals surface area contributed by atoms with Gasteiger partial charge in [-0.1, -0.05) is 39.0 Å². The number of nitrogens with zero attached hydrogens (tertiary/aromatic N) is 1. The second-order valence-corrected chi connectivity index (χ2v) is 10.4. The normalized spacial score (nSPS) is 16.4. The third-order valence-corrected chi connectivity index (χ3v) is 7.41. The lowest BCUT2D eigenvalue weighted by Gasteiger charge is -2.36. The molecule has 3 rings (SSSR count). The summed E-state index contributed by atoms with van der Waals surface area (Å²) < 4.78 is 16.8. The molecule has 1 unspecified atom stereocenters. The monoisotopic (exact) mass is 524 g/mol. The molecule has 0 spiro atoms. The Balaban J connectivity index is 1.81. The van der Waals surface area contributed by atoms with Gasteiger partial charge in [0.05, 0.1) is 14.2 Å². The van der Waals surface area contributed by atoms with E-state index in [1.54, 1.807) is 40.2 Å². The van der Waals surface area contributed by atoms with E-state index in [1.165, 1.54) is 4.90 Å². The first-order valence-corrected chi connectivity index (χ1v) is 13.2. The maximum atomic E-state index is 13.5. The number of ether oxygens (including phenoxy) is 3. The molecule has 1 fully saturated rings. The van der Waals surface area contributed by atoms with Gasteiger partial charge in [0.2, 0.25) is 5.78 Å². The summed E-state index contributed by atoms with van der Waals surface area (Å²) in [6.07, 6.45) is 3.03. The van der Waals surface area contributed by atoms with E-state index in [2.05, 4.69) is 0 Å². The predicted molar refractivity (Wildman–Crippen MR) is 146 cm³/mol. The summed E-state index contributed by atoms with van der Waals surface area (Å²) in [4.78, 5) is 41.0. The standard InChI is InChI=1S/C30H40N2O6/c1-6-30(2,3)27(33)28(34)32-17-8-7-12-23(32)29(35)38-24(21-10-9-11-22(31)19-21)15-13-20-14-16-25(36-4)26(18-20)37-5/h9-11,14,16,18-19,23-24H,6-8,12-13,15,17,31H2,1-5H3/t23?,24-/m1/s1. The fourth-order valence-electron chi connectivity index (χ4n) is 4.61. The molecule has 0 aromatic heterocycles. The van der Waals surface area contributed by atoms with Crippen molar-refractivity contribution in [2.75, 3.05) is 26.5 Å². The molecule has 1 amide bonds. The van der Waals surface area contributed by atoms with E-state index in [0.717, 1.165) is 24.0 Å². The molecule has 0 radical (unpaired) electrons. The van der Waals surface area contributed by atoms with Crippen molar-refractivity contribution in [3.8, 4) is 11.5 Å². The van der Waals surface area contributed by atoms with Gasteiger partial charge in [0.25, 0.3) is 5.91 Å². The molecule has 2 aromatic carbocycles. The van der Waals surface area contributed by atoms with Crippen LogP contribution < -0.4 is 15.2 Å². The first kappa shape index (κ1) is 29.0. The largest absolute Gasteiger partial charge is 0.493 e. The van der Waals surface area contributed by atoms with Crippen LogP contribution in [0.4, 0.5) is 5.69 Å². The highest BCUT2D eigenvalue weighted by molar-refractivity contribution is 6.38. The number of esters is 1. The smallest absolute Gasteiger partial charge is 0.329 e. The average molecular weight is 525 g/mol. The Morgan fingerprint density at radius 2 is 1.79 bits per heavy atom. The number of rotatable bonds is 11. The summed E-state index contributed by atoms with van der Waals surface area (Å²) in [7, 11) is 3.17. The fraction of sp³-hybridized carbons (Fsp3) is 0.500. The van der Waals surface area contributed by atoms with Gasteiger partial charge in [-0.3, -0.25) is 9.59 Å². The summed E-state index contributed by atoms with van der Waals surface area (Å²) in [6.45, 7) is 5.75. The van der Waals surface area contributed by atoms with Gasteiger partial charge in [-0.15, -0.1) is 0 Å². The van der Waals surface area contributed by atoms with Crippen molar-refractivity contribution in [2.45, 2.75) is 71.4 Å². The number of aryl methyl sites for hydroxylation is 1. The van der Waals surface area contributed by atoms with E-state index in [4.69, 9.17) is 19.9 Å². The maximum absolute atomic E-state index is 13.5. The SMILES string of the molecule is CCC(C)(C)C(=O)C(=O)N1CCCCC1C(=O)O[C@H](CCc1ccc(OC)c(OC)c1)c1cccc(N)c1. The second-order valence-electron chi connectivity index (χ2n) is 10.4. The highest BCUT2D eigenvalue weighted by Gasteiger charge is 2.41. The predicted octanol–water partition coefficient (Wildman–Crippen LogP) is 4.89. The van der Waals surface area contributed by atoms with Crippen LogP contribution in [-0.4, -0.2) is 49.4 Å². The molecule has 2 atom stereocenters. The summed E-state index contributed by atoms with van der Waals surface area (Å²) in [5.41, 5.74) is 7.58. The highest BCUT2D eigenvalue weighted by Crippen LogP contribution is 2.32. The minimum atomic E-state index is -0.794. The van der Waals surface area contributed by atoms with E-state index in [0.29, 0.717) is 49.4 Å². The van der Waals surface area contributed by atoms with Crippen molar-refractivity contribution in [3.63, 3.8) is 0 Å². The number of carbonyl (C=O) groups is 3. The lowest BCUT2D eigenvalue weighted by Crippen LogP contribution is -2.53. The minimum Gasteiger partial charge on any atom is -0.493 e. The van der Waals surface area contributed by atoms with E-state index in [-0.39, 0.29) is 0 Å². The van der Waals surface area contributed by atoms with Crippen molar-refractivity contribution in [2.24, 2.45) is 5.41 Å². The number of anilines is 1. The number of likely N-dealkylation sites (tertiary alicyclic amines) is 1. The lowest BCUT2D eigenvalue weighted by molar-refractivity contribution is -0.164. The first-order chi connectivity index (χ1) is 18.1. The molecule has 0 saturated carbocycles. The molecule has 0 aliphatic carbocycles. The molecule has 1 saturated heterocycles. The number of piperidine rings is 1. The van der Waals surface area contributed by atoms with E-state index in [9.17, 15) is 14.4 Å². The van der Waals surface area contributed by atoms with Crippen molar-refractivity contribution in [3.05, 3.63) is 53.6 Å². The molecule has 1 aliphatic heterocycles. The topological polar surface area (TPSA) is 108 Å².